The minimum atomic E-state index is -0.0907. The van der Waals surface area contributed by atoms with Crippen LogP contribution in [0.3, 0.4) is 0 Å². The highest BCUT2D eigenvalue weighted by atomic mass is 16.5. The molecule has 2 aromatic carbocycles. The van der Waals surface area contributed by atoms with Crippen molar-refractivity contribution in [2.75, 3.05) is 20.7 Å². The van der Waals surface area contributed by atoms with Gasteiger partial charge >= 0.3 is 0 Å². The zero-order chi connectivity index (χ0) is 18.2. The summed E-state index contributed by atoms with van der Waals surface area (Å²) in [5, 5.41) is 8.84. The third-order valence-corrected chi connectivity index (χ3v) is 3.64. The molecule has 0 bridgehead atoms. The van der Waals surface area contributed by atoms with Crippen LogP contribution in [0.1, 0.15) is 39.1 Å². The molecule has 2 rings (SSSR count). The molecule has 2 aromatic rings. The van der Waals surface area contributed by atoms with Crippen LogP contribution in [0, 0.1) is 11.3 Å². The first-order chi connectivity index (χ1) is 12.0. The van der Waals surface area contributed by atoms with E-state index in [2.05, 4.69) is 6.07 Å². The van der Waals surface area contributed by atoms with Crippen molar-refractivity contribution in [1.29, 1.82) is 5.26 Å². The Balaban J connectivity index is 1.82. The van der Waals surface area contributed by atoms with Crippen molar-refractivity contribution in [2.45, 2.75) is 12.8 Å². The maximum Gasteiger partial charge on any atom is 0.253 e. The molecule has 0 spiro atoms. The lowest BCUT2D eigenvalue weighted by Crippen LogP contribution is -2.21. The van der Waals surface area contributed by atoms with Crippen LogP contribution in [-0.2, 0) is 0 Å². The highest BCUT2D eigenvalue weighted by molar-refractivity contribution is 5.98. The van der Waals surface area contributed by atoms with E-state index < -0.39 is 0 Å². The molecular formula is C20H20N2O3. The summed E-state index contributed by atoms with van der Waals surface area (Å²) in [7, 11) is 3.38. The number of benzene rings is 2. The van der Waals surface area contributed by atoms with E-state index in [9.17, 15) is 9.59 Å². The van der Waals surface area contributed by atoms with Gasteiger partial charge in [-0.3, -0.25) is 9.59 Å². The Hall–Kier alpha value is -3.13. The number of Topliss-reactive ketones (excluding diaryl/α,β-unsaturated/α-hetero) is 1. The molecule has 0 fully saturated rings. The summed E-state index contributed by atoms with van der Waals surface area (Å²) in [6.45, 7) is 0.401. The molecule has 128 valence electrons. The fourth-order valence-corrected chi connectivity index (χ4v) is 2.28. The molecule has 25 heavy (non-hydrogen) atoms. The molecule has 0 aromatic heterocycles. The van der Waals surface area contributed by atoms with Crippen molar-refractivity contribution in [2.24, 2.45) is 0 Å². The van der Waals surface area contributed by atoms with Crippen LogP contribution in [0.4, 0.5) is 0 Å². The first-order valence-electron chi connectivity index (χ1n) is 7.99. The van der Waals surface area contributed by atoms with Crippen molar-refractivity contribution in [3.8, 4) is 11.8 Å². The van der Waals surface area contributed by atoms with E-state index in [0.29, 0.717) is 41.9 Å². The summed E-state index contributed by atoms with van der Waals surface area (Å²) in [4.78, 5) is 25.5. The van der Waals surface area contributed by atoms with Gasteiger partial charge < -0.3 is 9.64 Å². The number of ketones is 1. The van der Waals surface area contributed by atoms with E-state index in [4.69, 9.17) is 10.00 Å². The molecule has 0 radical (unpaired) electrons. The molecule has 0 heterocycles. The second kappa shape index (κ2) is 8.65. The number of carbonyl (C=O) groups is 2. The summed E-state index contributed by atoms with van der Waals surface area (Å²) >= 11 is 0. The van der Waals surface area contributed by atoms with Gasteiger partial charge in [-0.2, -0.15) is 5.26 Å². The number of rotatable bonds is 7. The third-order valence-electron chi connectivity index (χ3n) is 3.64. The second-order valence-corrected chi connectivity index (χ2v) is 5.79. The quantitative estimate of drug-likeness (QED) is 0.574. The van der Waals surface area contributed by atoms with Gasteiger partial charge in [-0.05, 0) is 36.8 Å². The van der Waals surface area contributed by atoms with Gasteiger partial charge in [0.15, 0.2) is 5.78 Å². The Kier molecular flexibility index (Phi) is 6.30. The highest BCUT2D eigenvalue weighted by Gasteiger charge is 2.10. The van der Waals surface area contributed by atoms with Gasteiger partial charge in [-0.25, -0.2) is 0 Å². The summed E-state index contributed by atoms with van der Waals surface area (Å²) in [6.07, 6.45) is 0.937. The Labute approximate surface area is 147 Å². The minimum absolute atomic E-state index is 0.0122. The average Bonchev–Trinajstić information content (AvgIpc) is 2.64. The topological polar surface area (TPSA) is 70.4 Å². The molecule has 5 nitrogen and oxygen atoms in total. The van der Waals surface area contributed by atoms with E-state index in [-0.39, 0.29) is 11.7 Å². The molecule has 1 amide bonds. The van der Waals surface area contributed by atoms with E-state index in [0.717, 1.165) is 0 Å². The number of nitriles is 1. The van der Waals surface area contributed by atoms with E-state index >= 15 is 0 Å². The van der Waals surface area contributed by atoms with Gasteiger partial charge in [0.2, 0.25) is 0 Å². The molecular weight excluding hydrogens is 316 g/mol. The molecule has 0 atom stereocenters. The maximum atomic E-state index is 12.2. The van der Waals surface area contributed by atoms with Crippen molar-refractivity contribution < 1.29 is 14.3 Å². The lowest BCUT2D eigenvalue weighted by molar-refractivity contribution is 0.0826. The molecule has 0 unspecified atom stereocenters. The largest absolute Gasteiger partial charge is 0.494 e. The smallest absolute Gasteiger partial charge is 0.253 e. The van der Waals surface area contributed by atoms with Crippen LogP contribution < -0.4 is 4.74 Å². The summed E-state index contributed by atoms with van der Waals surface area (Å²) in [6, 6.07) is 15.7. The third kappa shape index (κ3) is 5.18. The van der Waals surface area contributed by atoms with Crippen molar-refractivity contribution in [3.05, 3.63) is 65.2 Å². The predicted molar refractivity (Wildman–Crippen MR) is 94.7 cm³/mol. The SMILES string of the molecule is CN(C)C(=O)c1ccc(C(=O)CCCOc2cccc(C#N)c2)cc1. The van der Waals surface area contributed by atoms with Gasteiger partial charge in [0, 0.05) is 31.6 Å². The molecule has 5 heteroatoms. The van der Waals surface area contributed by atoms with Crippen LogP contribution in [0.2, 0.25) is 0 Å². The van der Waals surface area contributed by atoms with Gasteiger partial charge in [-0.1, -0.05) is 18.2 Å². The Morgan fingerprint density at radius 1 is 1.08 bits per heavy atom. The monoisotopic (exact) mass is 336 g/mol. The van der Waals surface area contributed by atoms with Crippen LogP contribution >= 0.6 is 0 Å². The van der Waals surface area contributed by atoms with Crippen molar-refractivity contribution in [3.63, 3.8) is 0 Å². The maximum absolute atomic E-state index is 12.2. The standard InChI is InChI=1S/C20H20N2O3/c1-22(2)20(24)17-10-8-16(9-11-17)19(23)7-4-12-25-18-6-3-5-15(13-18)14-21/h3,5-6,8-11,13H,4,7,12H2,1-2H3. The van der Waals surface area contributed by atoms with Gasteiger partial charge in [0.25, 0.3) is 5.91 Å². The Bertz CT molecular complexity index is 789. The highest BCUT2D eigenvalue weighted by Crippen LogP contribution is 2.14. The van der Waals surface area contributed by atoms with Crippen molar-refractivity contribution >= 4 is 11.7 Å². The van der Waals surface area contributed by atoms with Crippen LogP contribution in [0.5, 0.6) is 5.75 Å². The minimum Gasteiger partial charge on any atom is -0.494 e. The Morgan fingerprint density at radius 2 is 1.76 bits per heavy atom. The van der Waals surface area contributed by atoms with E-state index in [1.54, 1.807) is 62.6 Å². The van der Waals surface area contributed by atoms with Crippen LogP contribution in [0.25, 0.3) is 0 Å². The number of hydrogen-bond donors (Lipinski definition) is 0. The second-order valence-electron chi connectivity index (χ2n) is 5.79. The van der Waals surface area contributed by atoms with Crippen LogP contribution in [-0.4, -0.2) is 37.3 Å². The lowest BCUT2D eigenvalue weighted by atomic mass is 10.0. The fourth-order valence-electron chi connectivity index (χ4n) is 2.28. The van der Waals surface area contributed by atoms with E-state index in [1.165, 1.54) is 4.90 Å². The zero-order valence-corrected chi connectivity index (χ0v) is 14.4. The van der Waals surface area contributed by atoms with Gasteiger partial charge in [-0.15, -0.1) is 0 Å². The summed E-state index contributed by atoms with van der Waals surface area (Å²) in [5.74, 6) is 0.545. The van der Waals surface area contributed by atoms with Crippen LogP contribution in [0.15, 0.2) is 48.5 Å². The summed E-state index contributed by atoms with van der Waals surface area (Å²) in [5.41, 5.74) is 1.69. The van der Waals surface area contributed by atoms with E-state index in [1.807, 2.05) is 0 Å². The lowest BCUT2D eigenvalue weighted by Gasteiger charge is -2.10. The molecule has 0 aliphatic rings. The molecule has 0 saturated heterocycles. The van der Waals surface area contributed by atoms with Gasteiger partial charge in [0.1, 0.15) is 5.75 Å². The number of ether oxygens (including phenoxy) is 1. The first-order valence-corrected chi connectivity index (χ1v) is 7.99. The number of hydrogen-bond acceptors (Lipinski definition) is 4. The number of nitrogens with zero attached hydrogens (tertiary/aromatic N) is 2. The molecule has 0 saturated carbocycles. The first kappa shape index (κ1) is 18.2. The Morgan fingerprint density at radius 3 is 2.40 bits per heavy atom. The van der Waals surface area contributed by atoms with Crippen molar-refractivity contribution in [1.82, 2.24) is 4.90 Å². The zero-order valence-electron chi connectivity index (χ0n) is 14.4. The summed E-state index contributed by atoms with van der Waals surface area (Å²) < 4.78 is 5.56. The average molecular weight is 336 g/mol. The van der Waals surface area contributed by atoms with Gasteiger partial charge in [0.05, 0.1) is 18.2 Å². The number of carbonyl (C=O) groups excluding carboxylic acids is 2. The predicted octanol–water partition coefficient (Wildman–Crippen LogP) is 3.30. The fraction of sp³-hybridized carbons (Fsp3) is 0.250. The molecule has 0 aliphatic heterocycles. The molecule has 0 aliphatic carbocycles. The number of amides is 1. The normalized spacial score (nSPS) is 9.96. The molecule has 0 N–H and O–H groups in total.